The van der Waals surface area contributed by atoms with Crippen molar-refractivity contribution in [3.63, 3.8) is 0 Å². The van der Waals surface area contributed by atoms with Crippen molar-refractivity contribution < 1.29 is 9.90 Å². The molecule has 0 spiro atoms. The van der Waals surface area contributed by atoms with Crippen molar-refractivity contribution in [2.75, 3.05) is 11.9 Å². The molecule has 3 heteroatoms. The second-order valence-electron chi connectivity index (χ2n) is 8.23. The highest BCUT2D eigenvalue weighted by Gasteiger charge is 2.16. The van der Waals surface area contributed by atoms with E-state index < -0.39 is 5.97 Å². The van der Waals surface area contributed by atoms with Crippen LogP contribution < -0.4 is 5.32 Å². The maximum absolute atomic E-state index is 11.4. The van der Waals surface area contributed by atoms with Crippen molar-refractivity contribution in [2.45, 2.75) is 13.3 Å². The van der Waals surface area contributed by atoms with E-state index in [1.54, 1.807) is 12.1 Å². The smallest absolute Gasteiger partial charge is 0.335 e. The Kier molecular flexibility index (Phi) is 5.54. The van der Waals surface area contributed by atoms with Gasteiger partial charge in [0.15, 0.2) is 0 Å². The summed E-state index contributed by atoms with van der Waals surface area (Å²) in [5, 5.41) is 17.4. The van der Waals surface area contributed by atoms with E-state index in [4.69, 9.17) is 0 Å². The van der Waals surface area contributed by atoms with Gasteiger partial charge in [0.05, 0.1) is 5.56 Å². The van der Waals surface area contributed by atoms with Crippen molar-refractivity contribution in [3.8, 4) is 22.3 Å². The number of hydrogen-bond donors (Lipinski definition) is 2. The Morgan fingerprint density at radius 2 is 1.09 bits per heavy atom. The van der Waals surface area contributed by atoms with Gasteiger partial charge in [0.25, 0.3) is 0 Å². The molecule has 0 bridgehead atoms. The van der Waals surface area contributed by atoms with Crippen LogP contribution in [-0.2, 0) is 0 Å². The Hall–Kier alpha value is -4.11. The van der Waals surface area contributed by atoms with Gasteiger partial charge in [-0.2, -0.15) is 0 Å². The van der Waals surface area contributed by atoms with Gasteiger partial charge in [0, 0.05) is 12.2 Å². The number of nitrogens with one attached hydrogen (secondary N) is 1. The predicted molar refractivity (Wildman–Crippen MR) is 138 cm³/mol. The third-order valence-electron chi connectivity index (χ3n) is 6.10. The van der Waals surface area contributed by atoms with E-state index in [9.17, 15) is 9.90 Å². The largest absolute Gasteiger partial charge is 0.478 e. The average Bonchev–Trinajstić information content (AvgIpc) is 2.86. The zero-order valence-electron chi connectivity index (χ0n) is 18.5. The summed E-state index contributed by atoms with van der Waals surface area (Å²) in [5.41, 5.74) is 5.96. The maximum Gasteiger partial charge on any atom is 0.335 e. The molecule has 0 aliphatic heterocycles. The third kappa shape index (κ3) is 3.83. The summed E-state index contributed by atoms with van der Waals surface area (Å²) in [6, 6.07) is 32.8. The summed E-state index contributed by atoms with van der Waals surface area (Å²) in [7, 11) is 0. The molecule has 2 N–H and O–H groups in total. The number of rotatable bonds is 6. The molecular weight excluding hydrogens is 406 g/mol. The van der Waals surface area contributed by atoms with E-state index in [2.05, 4.69) is 85.0 Å². The fourth-order valence-electron chi connectivity index (χ4n) is 4.55. The molecule has 0 aromatic heterocycles. The minimum absolute atomic E-state index is 0.292. The number of carboxylic acids is 1. The van der Waals surface area contributed by atoms with E-state index in [1.807, 2.05) is 12.1 Å². The highest BCUT2D eigenvalue weighted by atomic mass is 16.4. The van der Waals surface area contributed by atoms with E-state index in [0.717, 1.165) is 40.6 Å². The number of carbonyl (C=O) groups is 1. The Balaban J connectivity index is 1.77. The van der Waals surface area contributed by atoms with E-state index in [0.29, 0.717) is 5.56 Å². The van der Waals surface area contributed by atoms with E-state index in [1.165, 1.54) is 21.9 Å². The molecule has 0 aliphatic rings. The van der Waals surface area contributed by atoms with Crippen molar-refractivity contribution in [2.24, 2.45) is 0 Å². The first-order chi connectivity index (χ1) is 16.2. The molecule has 3 nitrogen and oxygen atoms in total. The molecule has 0 saturated carbocycles. The molecule has 0 radical (unpaired) electrons. The van der Waals surface area contributed by atoms with Crippen LogP contribution in [0.3, 0.4) is 0 Å². The third-order valence-corrected chi connectivity index (χ3v) is 6.10. The number of benzene rings is 5. The van der Waals surface area contributed by atoms with Gasteiger partial charge in [-0.05, 0) is 74.5 Å². The van der Waals surface area contributed by atoms with Crippen molar-refractivity contribution in [3.05, 3.63) is 103 Å². The van der Waals surface area contributed by atoms with Gasteiger partial charge in [-0.15, -0.1) is 0 Å². The van der Waals surface area contributed by atoms with Gasteiger partial charge in [0.1, 0.15) is 0 Å². The Morgan fingerprint density at radius 3 is 1.48 bits per heavy atom. The number of fused-ring (bicyclic) bond motifs is 2. The zero-order chi connectivity index (χ0) is 22.8. The van der Waals surface area contributed by atoms with Gasteiger partial charge < -0.3 is 10.4 Å². The fourth-order valence-corrected chi connectivity index (χ4v) is 4.55. The monoisotopic (exact) mass is 431 g/mol. The number of carboxylic acid groups (broad SMARTS) is 1. The molecule has 0 saturated heterocycles. The topological polar surface area (TPSA) is 49.3 Å². The molecule has 0 atom stereocenters. The Bertz CT molecular complexity index is 1390. The molecule has 0 unspecified atom stereocenters. The number of aromatic carboxylic acids is 1. The summed E-state index contributed by atoms with van der Waals surface area (Å²) < 4.78 is 0. The molecule has 33 heavy (non-hydrogen) atoms. The molecule has 5 aromatic carbocycles. The van der Waals surface area contributed by atoms with Crippen LogP contribution in [0.1, 0.15) is 23.7 Å². The lowest BCUT2D eigenvalue weighted by molar-refractivity contribution is 0.0697. The summed E-state index contributed by atoms with van der Waals surface area (Å²) >= 11 is 0. The highest BCUT2D eigenvalue weighted by Crippen LogP contribution is 2.43. The lowest BCUT2D eigenvalue weighted by Gasteiger charge is -2.18. The van der Waals surface area contributed by atoms with Crippen molar-refractivity contribution >= 4 is 33.2 Å². The quantitative estimate of drug-likeness (QED) is 0.269. The average molecular weight is 432 g/mol. The molecular formula is C30H25NO2. The normalized spacial score (nSPS) is 11.1. The van der Waals surface area contributed by atoms with Crippen LogP contribution in [0.15, 0.2) is 97.1 Å². The van der Waals surface area contributed by atoms with Crippen LogP contribution in [0.4, 0.5) is 5.69 Å². The van der Waals surface area contributed by atoms with Crippen LogP contribution in [0.5, 0.6) is 0 Å². The SMILES string of the molecule is CCCNc1ccc(-c2c3ccccc3c(-c3ccc(C(=O)O)cc3)c3ccccc23)cc1. The molecule has 0 aliphatic carbocycles. The summed E-state index contributed by atoms with van der Waals surface area (Å²) in [5.74, 6) is -0.913. The summed E-state index contributed by atoms with van der Waals surface area (Å²) in [4.78, 5) is 11.4. The number of anilines is 1. The molecule has 0 amide bonds. The van der Waals surface area contributed by atoms with E-state index >= 15 is 0 Å². The van der Waals surface area contributed by atoms with E-state index in [-0.39, 0.29) is 0 Å². The Labute approximate surface area is 193 Å². The van der Waals surface area contributed by atoms with Crippen LogP contribution in [0, 0.1) is 0 Å². The van der Waals surface area contributed by atoms with Gasteiger partial charge in [-0.25, -0.2) is 4.79 Å². The van der Waals surface area contributed by atoms with Crippen LogP contribution >= 0.6 is 0 Å². The minimum Gasteiger partial charge on any atom is -0.478 e. The molecule has 0 fully saturated rings. The fraction of sp³-hybridized carbons (Fsp3) is 0.100. The Morgan fingerprint density at radius 1 is 0.667 bits per heavy atom. The van der Waals surface area contributed by atoms with Crippen LogP contribution in [0.25, 0.3) is 43.8 Å². The van der Waals surface area contributed by atoms with Gasteiger partial charge in [-0.1, -0.05) is 79.7 Å². The second kappa shape index (κ2) is 8.79. The maximum atomic E-state index is 11.4. The number of hydrogen-bond acceptors (Lipinski definition) is 2. The minimum atomic E-state index is -0.913. The zero-order valence-corrected chi connectivity index (χ0v) is 18.5. The summed E-state index contributed by atoms with van der Waals surface area (Å²) in [6.07, 6.45) is 1.09. The molecule has 0 heterocycles. The van der Waals surface area contributed by atoms with Crippen molar-refractivity contribution in [1.29, 1.82) is 0 Å². The molecule has 5 aromatic rings. The lowest BCUT2D eigenvalue weighted by atomic mass is 9.86. The first-order valence-corrected chi connectivity index (χ1v) is 11.3. The van der Waals surface area contributed by atoms with Crippen LogP contribution in [0.2, 0.25) is 0 Å². The molecule has 5 rings (SSSR count). The van der Waals surface area contributed by atoms with Gasteiger partial charge in [-0.3, -0.25) is 0 Å². The standard InChI is InChI=1S/C30H25NO2/c1-2-19-31-23-17-15-21(16-18-23)29-26-9-5-3-7-24(26)28(25-8-4-6-10-27(25)29)20-11-13-22(14-12-20)30(32)33/h3-18,31H,2,19H2,1H3,(H,32,33). The lowest BCUT2D eigenvalue weighted by Crippen LogP contribution is -1.99. The highest BCUT2D eigenvalue weighted by molar-refractivity contribution is 6.21. The predicted octanol–water partition coefficient (Wildman–Crippen LogP) is 7.85. The van der Waals surface area contributed by atoms with Crippen molar-refractivity contribution in [1.82, 2.24) is 0 Å². The van der Waals surface area contributed by atoms with Crippen LogP contribution in [-0.4, -0.2) is 17.6 Å². The summed E-state index contributed by atoms with van der Waals surface area (Å²) in [6.45, 7) is 3.12. The first kappa shape index (κ1) is 20.8. The van der Waals surface area contributed by atoms with Gasteiger partial charge >= 0.3 is 5.97 Å². The first-order valence-electron chi connectivity index (χ1n) is 11.3. The van der Waals surface area contributed by atoms with Gasteiger partial charge in [0.2, 0.25) is 0 Å². The molecule has 162 valence electrons. The second-order valence-corrected chi connectivity index (χ2v) is 8.23.